The van der Waals surface area contributed by atoms with Crippen molar-refractivity contribution in [2.75, 3.05) is 18.0 Å². The first-order valence-corrected chi connectivity index (χ1v) is 10.3. The highest BCUT2D eigenvalue weighted by Crippen LogP contribution is 2.26. The van der Waals surface area contributed by atoms with Crippen molar-refractivity contribution in [2.45, 2.75) is 39.8 Å². The van der Waals surface area contributed by atoms with Gasteiger partial charge in [0.05, 0.1) is 16.8 Å². The maximum atomic E-state index is 12.8. The van der Waals surface area contributed by atoms with Crippen molar-refractivity contribution in [2.24, 2.45) is 0 Å². The summed E-state index contributed by atoms with van der Waals surface area (Å²) in [6.07, 6.45) is 3.79. The van der Waals surface area contributed by atoms with E-state index in [-0.39, 0.29) is 5.63 Å². The highest BCUT2D eigenvalue weighted by atomic mass is 16.4. The Bertz CT molecular complexity index is 1310. The summed E-state index contributed by atoms with van der Waals surface area (Å²) in [5.41, 5.74) is 3.84. The number of nitrogens with zero attached hydrogens (tertiary/aromatic N) is 4. The number of hydrogen-bond acceptors (Lipinski definition) is 6. The SMILES string of the molecule is Cc1cn2cc(-c3cc4ccc(N5CC(C)NC(C)C5)cc4c(=O)o3)nc2c(C)n1. The third kappa shape index (κ3) is 3.25. The Morgan fingerprint density at radius 1 is 1.07 bits per heavy atom. The van der Waals surface area contributed by atoms with Crippen LogP contribution in [0.2, 0.25) is 0 Å². The van der Waals surface area contributed by atoms with Crippen molar-refractivity contribution in [1.82, 2.24) is 19.7 Å². The summed E-state index contributed by atoms with van der Waals surface area (Å²) in [6.45, 7) is 10.0. The second-order valence-corrected chi connectivity index (χ2v) is 8.37. The second-order valence-electron chi connectivity index (χ2n) is 8.37. The molecule has 0 saturated carbocycles. The Balaban J connectivity index is 1.56. The quantitative estimate of drug-likeness (QED) is 0.553. The topological polar surface area (TPSA) is 75.7 Å². The lowest BCUT2D eigenvalue weighted by Crippen LogP contribution is -2.54. The number of aromatic nitrogens is 3. The van der Waals surface area contributed by atoms with Crippen LogP contribution in [0.3, 0.4) is 0 Å². The van der Waals surface area contributed by atoms with Gasteiger partial charge in [0.15, 0.2) is 11.4 Å². The smallest absolute Gasteiger partial charge is 0.344 e. The van der Waals surface area contributed by atoms with Gasteiger partial charge in [-0.1, -0.05) is 6.07 Å². The van der Waals surface area contributed by atoms with Gasteiger partial charge in [0.1, 0.15) is 5.69 Å². The van der Waals surface area contributed by atoms with Gasteiger partial charge in [-0.05, 0) is 51.3 Å². The summed E-state index contributed by atoms with van der Waals surface area (Å²) in [7, 11) is 0. The van der Waals surface area contributed by atoms with Crippen molar-refractivity contribution in [1.29, 1.82) is 0 Å². The monoisotopic (exact) mass is 403 g/mol. The molecule has 154 valence electrons. The van der Waals surface area contributed by atoms with Crippen molar-refractivity contribution in [3.8, 4) is 11.5 Å². The average Bonchev–Trinajstić information content (AvgIpc) is 3.11. The number of imidazole rings is 1. The van der Waals surface area contributed by atoms with Crippen LogP contribution in [0.5, 0.6) is 0 Å². The molecule has 3 aromatic heterocycles. The predicted molar refractivity (Wildman–Crippen MR) is 118 cm³/mol. The lowest BCUT2D eigenvalue weighted by atomic mass is 10.1. The zero-order valence-electron chi connectivity index (χ0n) is 17.6. The van der Waals surface area contributed by atoms with E-state index in [0.29, 0.717) is 28.9 Å². The highest BCUT2D eigenvalue weighted by molar-refractivity contribution is 5.87. The highest BCUT2D eigenvalue weighted by Gasteiger charge is 2.22. The maximum Gasteiger partial charge on any atom is 0.344 e. The molecular formula is C23H25N5O2. The van der Waals surface area contributed by atoms with Crippen LogP contribution in [0.15, 0.2) is 45.9 Å². The molecular weight excluding hydrogens is 378 g/mol. The minimum atomic E-state index is -0.344. The van der Waals surface area contributed by atoms with E-state index in [2.05, 4.69) is 40.1 Å². The average molecular weight is 403 g/mol. The van der Waals surface area contributed by atoms with Gasteiger partial charge in [0.2, 0.25) is 0 Å². The summed E-state index contributed by atoms with van der Waals surface area (Å²) in [5, 5.41) is 4.98. The van der Waals surface area contributed by atoms with Crippen LogP contribution < -0.4 is 15.8 Å². The molecule has 1 saturated heterocycles. The number of rotatable bonds is 2. The first-order chi connectivity index (χ1) is 14.4. The van der Waals surface area contributed by atoms with Gasteiger partial charge in [0.25, 0.3) is 0 Å². The van der Waals surface area contributed by atoms with E-state index >= 15 is 0 Å². The van der Waals surface area contributed by atoms with Gasteiger partial charge >= 0.3 is 5.63 Å². The lowest BCUT2D eigenvalue weighted by Gasteiger charge is -2.37. The van der Waals surface area contributed by atoms with Crippen LogP contribution in [0, 0.1) is 13.8 Å². The maximum absolute atomic E-state index is 12.8. The molecule has 2 atom stereocenters. The molecule has 7 heteroatoms. The van der Waals surface area contributed by atoms with Crippen LogP contribution in [0.4, 0.5) is 5.69 Å². The molecule has 1 fully saturated rings. The van der Waals surface area contributed by atoms with Gasteiger partial charge in [0, 0.05) is 43.3 Å². The van der Waals surface area contributed by atoms with Gasteiger partial charge < -0.3 is 19.0 Å². The van der Waals surface area contributed by atoms with E-state index in [1.807, 2.05) is 48.8 Å². The Morgan fingerprint density at radius 2 is 1.83 bits per heavy atom. The molecule has 2 unspecified atom stereocenters. The second kappa shape index (κ2) is 6.95. The number of nitrogens with one attached hydrogen (secondary N) is 1. The number of piperazine rings is 1. The molecule has 0 aliphatic carbocycles. The van der Waals surface area contributed by atoms with Crippen LogP contribution >= 0.6 is 0 Å². The molecule has 1 aliphatic heterocycles. The number of fused-ring (bicyclic) bond motifs is 2. The van der Waals surface area contributed by atoms with Gasteiger partial charge in [-0.3, -0.25) is 4.98 Å². The zero-order valence-corrected chi connectivity index (χ0v) is 17.6. The molecule has 1 aliphatic rings. The summed E-state index contributed by atoms with van der Waals surface area (Å²) in [6, 6.07) is 8.71. The Morgan fingerprint density at radius 3 is 2.60 bits per heavy atom. The molecule has 7 nitrogen and oxygen atoms in total. The number of aryl methyl sites for hydroxylation is 2. The van der Waals surface area contributed by atoms with Crippen LogP contribution in [0.1, 0.15) is 25.2 Å². The standard InChI is InChI=1S/C23H25N5O2/c1-13-9-27(10-14(2)24-13)18-6-5-17-7-21(30-23(29)19(17)8-18)20-12-28-11-15(3)25-16(4)22(28)26-20/h5-8,11-14,24H,9-10H2,1-4H3. The molecule has 5 rings (SSSR count). The molecule has 4 aromatic rings. The fourth-order valence-corrected chi connectivity index (χ4v) is 4.46. The van der Waals surface area contributed by atoms with Crippen LogP contribution in [-0.2, 0) is 0 Å². The molecule has 0 spiro atoms. The van der Waals surface area contributed by atoms with E-state index < -0.39 is 0 Å². The number of anilines is 1. The Kier molecular flexibility index (Phi) is 4.36. The predicted octanol–water partition coefficient (Wildman–Crippen LogP) is 3.31. The van der Waals surface area contributed by atoms with E-state index in [1.165, 1.54) is 0 Å². The first-order valence-electron chi connectivity index (χ1n) is 10.3. The molecule has 0 radical (unpaired) electrons. The molecule has 4 heterocycles. The van der Waals surface area contributed by atoms with Crippen molar-refractivity contribution < 1.29 is 4.42 Å². The molecule has 30 heavy (non-hydrogen) atoms. The van der Waals surface area contributed by atoms with Gasteiger partial charge in [-0.25, -0.2) is 9.78 Å². The fourth-order valence-electron chi connectivity index (χ4n) is 4.46. The first kappa shape index (κ1) is 18.8. The third-order valence-corrected chi connectivity index (χ3v) is 5.65. The fraction of sp³-hybridized carbons (Fsp3) is 0.348. The zero-order chi connectivity index (χ0) is 21.0. The third-order valence-electron chi connectivity index (χ3n) is 5.65. The van der Waals surface area contributed by atoms with Gasteiger partial charge in [-0.15, -0.1) is 0 Å². The minimum absolute atomic E-state index is 0.344. The van der Waals surface area contributed by atoms with Crippen molar-refractivity contribution in [3.05, 3.63) is 58.5 Å². The molecule has 1 N–H and O–H groups in total. The minimum Gasteiger partial charge on any atom is -0.421 e. The molecule has 1 aromatic carbocycles. The Hall–Kier alpha value is -3.19. The van der Waals surface area contributed by atoms with Gasteiger partial charge in [-0.2, -0.15) is 0 Å². The van der Waals surface area contributed by atoms with Crippen LogP contribution in [0.25, 0.3) is 27.9 Å². The van der Waals surface area contributed by atoms with E-state index in [4.69, 9.17) is 4.42 Å². The van der Waals surface area contributed by atoms with Crippen molar-refractivity contribution in [3.63, 3.8) is 0 Å². The van der Waals surface area contributed by atoms with E-state index in [0.717, 1.165) is 41.2 Å². The number of benzene rings is 1. The summed E-state index contributed by atoms with van der Waals surface area (Å²) < 4.78 is 7.60. The normalized spacial score (nSPS) is 19.7. The van der Waals surface area contributed by atoms with E-state index in [1.54, 1.807) is 0 Å². The summed E-state index contributed by atoms with van der Waals surface area (Å²) >= 11 is 0. The largest absolute Gasteiger partial charge is 0.421 e. The number of hydrogen-bond donors (Lipinski definition) is 1. The lowest BCUT2D eigenvalue weighted by molar-refractivity contribution is 0.407. The summed E-state index contributed by atoms with van der Waals surface area (Å²) in [4.78, 5) is 24.2. The van der Waals surface area contributed by atoms with E-state index in [9.17, 15) is 4.79 Å². The summed E-state index contributed by atoms with van der Waals surface area (Å²) in [5.74, 6) is 0.463. The van der Waals surface area contributed by atoms with Crippen molar-refractivity contribution >= 4 is 22.1 Å². The van der Waals surface area contributed by atoms with Crippen LogP contribution in [-0.4, -0.2) is 39.5 Å². The molecule has 0 bridgehead atoms. The molecule has 0 amide bonds. The Labute approximate surface area is 174 Å².